The Morgan fingerprint density at radius 2 is 2.09 bits per heavy atom. The lowest BCUT2D eigenvalue weighted by atomic mass is 10.2. The van der Waals surface area contributed by atoms with Crippen LogP contribution in [0.3, 0.4) is 0 Å². The quantitative estimate of drug-likeness (QED) is 0.747. The van der Waals surface area contributed by atoms with E-state index in [4.69, 9.17) is 11.6 Å². The standard InChI is InChI=1S/C17H26ClN3O/c1-11(2)10-21-17(18)15(12(3)19-21)8-9-16(22)20(5)13(4)14-6-7-14/h8-9,11,13-14H,6-7,10H2,1-5H3/b9-8+. The van der Waals surface area contributed by atoms with Gasteiger partial charge in [-0.05, 0) is 44.6 Å². The predicted molar refractivity (Wildman–Crippen MR) is 90.8 cm³/mol. The Labute approximate surface area is 138 Å². The van der Waals surface area contributed by atoms with Crippen LogP contribution in [-0.4, -0.2) is 33.7 Å². The minimum absolute atomic E-state index is 0.0199. The van der Waals surface area contributed by atoms with Crippen molar-refractivity contribution in [2.24, 2.45) is 11.8 Å². The maximum Gasteiger partial charge on any atom is 0.246 e. The second-order valence-corrected chi connectivity index (χ2v) is 7.08. The molecule has 0 spiro atoms. The van der Waals surface area contributed by atoms with Crippen molar-refractivity contribution in [3.8, 4) is 0 Å². The highest BCUT2D eigenvalue weighted by Crippen LogP contribution is 2.34. The first-order valence-electron chi connectivity index (χ1n) is 7.99. The summed E-state index contributed by atoms with van der Waals surface area (Å²) in [6.45, 7) is 9.06. The molecule has 1 aliphatic carbocycles. The molecular weight excluding hydrogens is 298 g/mol. The van der Waals surface area contributed by atoms with Gasteiger partial charge in [0.2, 0.25) is 5.91 Å². The van der Waals surface area contributed by atoms with Gasteiger partial charge in [0.1, 0.15) is 5.15 Å². The van der Waals surface area contributed by atoms with Crippen LogP contribution in [0.2, 0.25) is 5.15 Å². The van der Waals surface area contributed by atoms with E-state index >= 15 is 0 Å². The van der Waals surface area contributed by atoms with E-state index in [-0.39, 0.29) is 5.91 Å². The Bertz CT molecular complexity index is 573. The lowest BCUT2D eigenvalue weighted by Gasteiger charge is -2.23. The molecule has 1 aromatic rings. The first-order valence-corrected chi connectivity index (χ1v) is 8.36. The molecule has 0 bridgehead atoms. The number of likely N-dealkylation sites (N-methyl/N-ethyl adjacent to an activating group) is 1. The van der Waals surface area contributed by atoms with Crippen LogP contribution in [0.25, 0.3) is 6.08 Å². The third-order valence-electron chi connectivity index (χ3n) is 4.30. The molecule has 0 saturated heterocycles. The molecule has 0 aliphatic heterocycles. The third-order valence-corrected chi connectivity index (χ3v) is 4.70. The van der Waals surface area contributed by atoms with Crippen LogP contribution in [0.5, 0.6) is 0 Å². The summed E-state index contributed by atoms with van der Waals surface area (Å²) < 4.78 is 1.81. The van der Waals surface area contributed by atoms with Gasteiger partial charge in [-0.1, -0.05) is 25.4 Å². The van der Waals surface area contributed by atoms with E-state index in [1.54, 1.807) is 12.2 Å². The number of carbonyl (C=O) groups is 1. The molecule has 0 aromatic carbocycles. The van der Waals surface area contributed by atoms with Crippen molar-refractivity contribution < 1.29 is 4.79 Å². The zero-order valence-electron chi connectivity index (χ0n) is 14.1. The molecule has 1 saturated carbocycles. The summed E-state index contributed by atoms with van der Waals surface area (Å²) in [5.74, 6) is 1.16. The van der Waals surface area contributed by atoms with Crippen LogP contribution >= 0.6 is 11.6 Å². The van der Waals surface area contributed by atoms with Gasteiger partial charge in [0.25, 0.3) is 0 Å². The largest absolute Gasteiger partial charge is 0.339 e. The average Bonchev–Trinajstić information content (AvgIpc) is 3.25. The van der Waals surface area contributed by atoms with Crippen molar-refractivity contribution >= 4 is 23.6 Å². The van der Waals surface area contributed by atoms with Crippen LogP contribution < -0.4 is 0 Å². The van der Waals surface area contributed by atoms with E-state index in [2.05, 4.69) is 25.9 Å². The number of amides is 1. The second kappa shape index (κ2) is 6.86. The number of halogens is 1. The van der Waals surface area contributed by atoms with Crippen molar-refractivity contribution in [1.82, 2.24) is 14.7 Å². The molecule has 5 heteroatoms. The fourth-order valence-electron chi connectivity index (χ4n) is 2.59. The summed E-state index contributed by atoms with van der Waals surface area (Å²) in [5, 5.41) is 5.06. The molecule has 0 radical (unpaired) electrons. The molecule has 1 heterocycles. The van der Waals surface area contributed by atoms with Gasteiger partial charge in [-0.3, -0.25) is 9.48 Å². The van der Waals surface area contributed by atoms with Crippen molar-refractivity contribution in [1.29, 1.82) is 0 Å². The van der Waals surface area contributed by atoms with E-state index in [0.717, 1.165) is 17.8 Å². The highest BCUT2D eigenvalue weighted by atomic mass is 35.5. The number of aryl methyl sites for hydroxylation is 1. The number of hydrogen-bond acceptors (Lipinski definition) is 2. The molecule has 0 N–H and O–H groups in total. The van der Waals surface area contributed by atoms with Gasteiger partial charge < -0.3 is 4.90 Å². The summed E-state index contributed by atoms with van der Waals surface area (Å²) in [4.78, 5) is 14.1. The lowest BCUT2D eigenvalue weighted by molar-refractivity contribution is -0.126. The molecule has 122 valence electrons. The van der Waals surface area contributed by atoms with Crippen molar-refractivity contribution in [2.75, 3.05) is 7.05 Å². The van der Waals surface area contributed by atoms with Crippen molar-refractivity contribution in [3.63, 3.8) is 0 Å². The van der Waals surface area contributed by atoms with Gasteiger partial charge >= 0.3 is 0 Å². The van der Waals surface area contributed by atoms with E-state index in [1.165, 1.54) is 12.8 Å². The maximum absolute atomic E-state index is 12.3. The molecule has 4 nitrogen and oxygen atoms in total. The Hall–Kier alpha value is -1.29. The van der Waals surface area contributed by atoms with Crippen LogP contribution in [0.1, 0.15) is 44.9 Å². The van der Waals surface area contributed by atoms with Gasteiger partial charge in [0, 0.05) is 31.3 Å². The summed E-state index contributed by atoms with van der Waals surface area (Å²) in [7, 11) is 1.87. The predicted octanol–water partition coefficient (Wildman–Crippen LogP) is 3.77. The van der Waals surface area contributed by atoms with Crippen molar-refractivity contribution in [2.45, 2.75) is 53.1 Å². The molecule has 1 aromatic heterocycles. The first-order chi connectivity index (χ1) is 10.3. The van der Waals surface area contributed by atoms with E-state index in [9.17, 15) is 4.79 Å². The number of carbonyl (C=O) groups excluding carboxylic acids is 1. The summed E-state index contributed by atoms with van der Waals surface area (Å²) >= 11 is 6.38. The summed E-state index contributed by atoms with van der Waals surface area (Å²) in [5.41, 5.74) is 1.69. The SMILES string of the molecule is Cc1nn(CC(C)C)c(Cl)c1/C=C/C(=O)N(C)C(C)C1CC1. The zero-order valence-corrected chi connectivity index (χ0v) is 14.9. The van der Waals surface area contributed by atoms with Crippen LogP contribution in [0, 0.1) is 18.8 Å². The minimum Gasteiger partial charge on any atom is -0.339 e. The van der Waals surface area contributed by atoms with Crippen LogP contribution in [-0.2, 0) is 11.3 Å². The topological polar surface area (TPSA) is 38.1 Å². The fourth-order valence-corrected chi connectivity index (χ4v) is 2.90. The van der Waals surface area contributed by atoms with Gasteiger partial charge in [0.05, 0.1) is 5.69 Å². The average molecular weight is 324 g/mol. The Morgan fingerprint density at radius 1 is 1.45 bits per heavy atom. The fraction of sp³-hybridized carbons (Fsp3) is 0.647. The zero-order chi connectivity index (χ0) is 16.4. The molecule has 1 unspecified atom stereocenters. The molecule has 2 rings (SSSR count). The smallest absolute Gasteiger partial charge is 0.246 e. The number of hydrogen-bond donors (Lipinski definition) is 0. The Kier molecular flexibility index (Phi) is 5.32. The second-order valence-electron chi connectivity index (χ2n) is 6.73. The molecule has 1 atom stereocenters. The molecule has 1 aliphatic rings. The third kappa shape index (κ3) is 3.92. The van der Waals surface area contributed by atoms with Crippen molar-refractivity contribution in [3.05, 3.63) is 22.5 Å². The number of aromatic nitrogens is 2. The van der Waals surface area contributed by atoms with Gasteiger partial charge in [-0.2, -0.15) is 5.10 Å². The summed E-state index contributed by atoms with van der Waals surface area (Å²) in [6, 6.07) is 0.303. The highest BCUT2D eigenvalue weighted by Gasteiger charge is 2.31. The van der Waals surface area contributed by atoms with Crippen LogP contribution in [0.4, 0.5) is 0 Å². The number of rotatable bonds is 6. The molecular formula is C17H26ClN3O. The molecule has 1 fully saturated rings. The van der Waals surface area contributed by atoms with Crippen LogP contribution in [0.15, 0.2) is 6.08 Å². The molecule has 1 amide bonds. The highest BCUT2D eigenvalue weighted by molar-refractivity contribution is 6.31. The van der Waals surface area contributed by atoms with Gasteiger partial charge in [-0.15, -0.1) is 0 Å². The summed E-state index contributed by atoms with van der Waals surface area (Å²) in [6.07, 6.45) is 5.86. The monoisotopic (exact) mass is 323 g/mol. The Balaban J connectivity index is 2.09. The van der Waals surface area contributed by atoms with E-state index in [0.29, 0.717) is 23.0 Å². The first kappa shape index (κ1) is 17.1. The Morgan fingerprint density at radius 3 is 2.64 bits per heavy atom. The van der Waals surface area contributed by atoms with Gasteiger partial charge in [0.15, 0.2) is 0 Å². The van der Waals surface area contributed by atoms with E-state index in [1.807, 2.05) is 23.6 Å². The molecule has 22 heavy (non-hydrogen) atoms. The minimum atomic E-state index is 0.0199. The normalized spacial score (nSPS) is 16.5. The lowest BCUT2D eigenvalue weighted by Crippen LogP contribution is -2.35. The van der Waals surface area contributed by atoms with Gasteiger partial charge in [-0.25, -0.2) is 0 Å². The van der Waals surface area contributed by atoms with E-state index < -0.39 is 0 Å². The maximum atomic E-state index is 12.3. The number of nitrogens with zero attached hydrogens (tertiary/aromatic N) is 3.